The van der Waals surface area contributed by atoms with E-state index in [2.05, 4.69) is 50.0 Å². The summed E-state index contributed by atoms with van der Waals surface area (Å²) in [5.41, 5.74) is 0. The first-order chi connectivity index (χ1) is 6.91. The molecular formula is C13H18Pd-2. The predicted molar refractivity (Wildman–Crippen MR) is 60.6 cm³/mol. The molecule has 0 radical (unpaired) electrons. The zero-order chi connectivity index (χ0) is 10.5. The van der Waals surface area contributed by atoms with Gasteiger partial charge in [-0.2, -0.15) is 6.08 Å². The maximum atomic E-state index is 3.68. The van der Waals surface area contributed by atoms with E-state index in [4.69, 9.17) is 0 Å². The molecule has 0 heterocycles. The molecule has 1 aliphatic rings. The van der Waals surface area contributed by atoms with Gasteiger partial charge in [0.05, 0.1) is 0 Å². The van der Waals surface area contributed by atoms with E-state index in [1.807, 2.05) is 16.6 Å². The topological polar surface area (TPSA) is 0 Å². The third-order valence-corrected chi connectivity index (χ3v) is 1.91. The van der Waals surface area contributed by atoms with Crippen molar-refractivity contribution in [2.45, 2.75) is 32.1 Å². The first kappa shape index (κ1) is 13.8. The molecule has 0 aromatic rings. The molecule has 0 fully saturated rings. The van der Waals surface area contributed by atoms with Crippen LogP contribution in [0.25, 0.3) is 0 Å². The van der Waals surface area contributed by atoms with E-state index < -0.39 is 0 Å². The third kappa shape index (κ3) is 11.8. The summed E-state index contributed by atoms with van der Waals surface area (Å²) in [4.78, 5) is 0. The van der Waals surface area contributed by atoms with Crippen LogP contribution < -0.4 is 0 Å². The molecule has 0 aliphatic heterocycles. The Hall–Kier alpha value is -0.248. The van der Waals surface area contributed by atoms with Crippen molar-refractivity contribution in [2.75, 3.05) is 0 Å². The van der Waals surface area contributed by atoms with Crippen molar-refractivity contribution in [3.05, 3.63) is 43.4 Å². The van der Waals surface area contributed by atoms with Crippen LogP contribution >= 0.6 is 0 Å². The van der Waals surface area contributed by atoms with E-state index >= 15 is 0 Å². The van der Waals surface area contributed by atoms with Gasteiger partial charge in [0.25, 0.3) is 0 Å². The minimum atomic E-state index is 0.988. The second kappa shape index (κ2) is 12.8. The van der Waals surface area contributed by atoms with Crippen LogP contribution in [0.3, 0.4) is 0 Å². The van der Waals surface area contributed by atoms with Gasteiger partial charge in [-0.1, -0.05) is 12.8 Å². The fourth-order valence-electron chi connectivity index (χ4n) is 0.895. The van der Waals surface area contributed by atoms with Gasteiger partial charge in [-0.25, -0.2) is 12.2 Å². The van der Waals surface area contributed by atoms with Gasteiger partial charge in [-0.05, 0) is 0 Å². The SMILES string of the molecule is [C-]1=CC=CCCC1.[CH2-]CC/C=C\[CH]=[Pd]. The monoisotopic (exact) mass is 280 g/mol. The van der Waals surface area contributed by atoms with Gasteiger partial charge in [-0.3, -0.25) is 6.08 Å². The van der Waals surface area contributed by atoms with Crippen LogP contribution in [-0.4, -0.2) is 4.49 Å². The Bertz CT molecular complexity index is 187. The summed E-state index contributed by atoms with van der Waals surface area (Å²) in [7, 11) is 0. The van der Waals surface area contributed by atoms with Crippen molar-refractivity contribution in [3.8, 4) is 0 Å². The van der Waals surface area contributed by atoms with E-state index in [-0.39, 0.29) is 0 Å². The number of allylic oxidation sites excluding steroid dienone is 6. The van der Waals surface area contributed by atoms with Crippen LogP contribution in [0.15, 0.2) is 30.4 Å². The molecule has 0 N–H and O–H groups in total. The molecule has 1 aliphatic carbocycles. The van der Waals surface area contributed by atoms with Crippen LogP contribution in [0, 0.1) is 13.0 Å². The van der Waals surface area contributed by atoms with Crippen LogP contribution in [0.1, 0.15) is 32.1 Å². The molecule has 0 spiro atoms. The molecular weight excluding hydrogens is 263 g/mol. The summed E-state index contributed by atoms with van der Waals surface area (Å²) in [6, 6.07) is 0. The average molecular weight is 281 g/mol. The Morgan fingerprint density at radius 3 is 3.07 bits per heavy atom. The van der Waals surface area contributed by atoms with Crippen LogP contribution in [0.5, 0.6) is 0 Å². The van der Waals surface area contributed by atoms with E-state index in [9.17, 15) is 0 Å². The van der Waals surface area contributed by atoms with E-state index in [1.165, 1.54) is 12.8 Å². The van der Waals surface area contributed by atoms with Gasteiger partial charge >= 0.3 is 55.1 Å². The quantitative estimate of drug-likeness (QED) is 0.547. The van der Waals surface area contributed by atoms with E-state index in [0.717, 1.165) is 19.3 Å². The Morgan fingerprint density at radius 2 is 2.36 bits per heavy atom. The van der Waals surface area contributed by atoms with Gasteiger partial charge in [-0.15, -0.1) is 6.42 Å². The molecule has 1 rings (SSSR count). The molecule has 0 bridgehead atoms. The van der Waals surface area contributed by atoms with Gasteiger partial charge in [0.2, 0.25) is 0 Å². The van der Waals surface area contributed by atoms with Crippen molar-refractivity contribution in [2.24, 2.45) is 0 Å². The van der Waals surface area contributed by atoms with Crippen LogP contribution in [-0.2, 0) is 18.7 Å². The average Bonchev–Trinajstić information content (AvgIpc) is 2.51. The minimum absolute atomic E-state index is 0.988. The molecule has 0 aromatic carbocycles. The summed E-state index contributed by atoms with van der Waals surface area (Å²) in [5.74, 6) is 0. The van der Waals surface area contributed by atoms with E-state index in [0.29, 0.717) is 0 Å². The third-order valence-electron chi connectivity index (χ3n) is 1.61. The Balaban J connectivity index is 0.000000241. The molecule has 14 heavy (non-hydrogen) atoms. The molecule has 0 aromatic heterocycles. The first-order valence-corrected chi connectivity index (χ1v) is 5.87. The fourth-order valence-corrected chi connectivity index (χ4v) is 1.11. The summed E-state index contributed by atoms with van der Waals surface area (Å²) in [5, 5.41) is 0. The molecule has 0 saturated heterocycles. The van der Waals surface area contributed by atoms with Crippen LogP contribution in [0.4, 0.5) is 0 Å². The molecule has 1 heteroatoms. The van der Waals surface area contributed by atoms with Crippen LogP contribution in [0.2, 0.25) is 0 Å². The number of hydrogen-bond acceptors (Lipinski definition) is 0. The van der Waals surface area contributed by atoms with Crippen molar-refractivity contribution in [1.29, 1.82) is 0 Å². The molecule has 0 amide bonds. The Morgan fingerprint density at radius 1 is 1.50 bits per heavy atom. The zero-order valence-corrected chi connectivity index (χ0v) is 10.1. The maximum absolute atomic E-state index is 3.68. The summed E-state index contributed by atoms with van der Waals surface area (Å²) >= 11 is 2.92. The second-order valence-electron chi connectivity index (χ2n) is 2.87. The van der Waals surface area contributed by atoms with Gasteiger partial charge in [0.1, 0.15) is 0 Å². The fraction of sp³-hybridized carbons (Fsp3) is 0.385. The predicted octanol–water partition coefficient (Wildman–Crippen LogP) is 3.59. The number of unbranched alkanes of at least 4 members (excludes halogenated alkanes) is 1. The number of hydrogen-bond donors (Lipinski definition) is 0. The van der Waals surface area contributed by atoms with Crippen molar-refractivity contribution in [3.63, 3.8) is 0 Å². The standard InChI is InChI=1S/C7H9.C6H9.Pd/c1-2-4-6-7-5-3-1;1-3-5-6-4-2;/h1-3H,4,6-7H2;1,3,5H,2,4,6H2;/q2*-1;/b;5-3-;. The van der Waals surface area contributed by atoms with Gasteiger partial charge in [0, 0.05) is 0 Å². The molecule has 0 saturated carbocycles. The van der Waals surface area contributed by atoms with Crippen molar-refractivity contribution >= 4 is 4.49 Å². The van der Waals surface area contributed by atoms with Crippen molar-refractivity contribution in [1.82, 2.24) is 0 Å². The second-order valence-corrected chi connectivity index (χ2v) is 3.39. The Labute approximate surface area is 98.7 Å². The molecule has 0 atom stereocenters. The van der Waals surface area contributed by atoms with E-state index in [1.54, 1.807) is 0 Å². The normalized spacial score (nSPS) is 14.8. The molecule has 82 valence electrons. The summed E-state index contributed by atoms with van der Waals surface area (Å²) in [6.07, 6.45) is 19.1. The summed E-state index contributed by atoms with van der Waals surface area (Å²) < 4.78 is 1.87. The van der Waals surface area contributed by atoms with Crippen molar-refractivity contribution < 1.29 is 18.7 Å². The first-order valence-electron chi connectivity index (χ1n) is 4.97. The summed E-state index contributed by atoms with van der Waals surface area (Å²) in [6.45, 7) is 3.68. The Kier molecular flexibility index (Phi) is 12.5. The molecule has 0 nitrogen and oxygen atoms in total. The van der Waals surface area contributed by atoms with Gasteiger partial charge < -0.3 is 0 Å². The number of rotatable bonds is 3. The van der Waals surface area contributed by atoms with Gasteiger partial charge in [0.15, 0.2) is 0 Å². The molecule has 0 unspecified atom stereocenters. The zero-order valence-electron chi connectivity index (χ0n) is 8.52.